The number of hydrogen-bond donors (Lipinski definition) is 1. The van der Waals surface area contributed by atoms with Crippen LogP contribution in [0.1, 0.15) is 74.6 Å². The van der Waals surface area contributed by atoms with Crippen molar-refractivity contribution >= 4 is 21.6 Å². The van der Waals surface area contributed by atoms with Crippen molar-refractivity contribution in [1.82, 2.24) is 14.6 Å². The number of halogens is 3. The van der Waals surface area contributed by atoms with E-state index in [4.69, 9.17) is 0 Å². The lowest BCUT2D eigenvalue weighted by atomic mass is 10.00. The van der Waals surface area contributed by atoms with Crippen LogP contribution in [0.25, 0.3) is 0 Å². The molecule has 0 radical (unpaired) electrons. The van der Waals surface area contributed by atoms with Crippen LogP contribution in [0.4, 0.5) is 18.9 Å². The summed E-state index contributed by atoms with van der Waals surface area (Å²) < 4.78 is 70.6. The van der Waals surface area contributed by atoms with Gasteiger partial charge >= 0.3 is 6.18 Å². The van der Waals surface area contributed by atoms with Gasteiger partial charge in [0.25, 0.3) is 5.91 Å². The van der Waals surface area contributed by atoms with Crippen LogP contribution in [0.5, 0.6) is 0 Å². The Morgan fingerprint density at radius 3 is 2.36 bits per heavy atom. The van der Waals surface area contributed by atoms with Crippen molar-refractivity contribution in [2.75, 3.05) is 25.0 Å². The highest BCUT2D eigenvalue weighted by Gasteiger charge is 2.39. The molecule has 2 atom stereocenters. The molecule has 2 aliphatic rings. The first-order valence-electron chi connectivity index (χ1n) is 14.7. The third-order valence-corrected chi connectivity index (χ3v) is 10.4. The summed E-state index contributed by atoms with van der Waals surface area (Å²) in [5.41, 5.74) is 3.69. The van der Waals surface area contributed by atoms with Gasteiger partial charge in [-0.2, -0.15) is 13.2 Å². The van der Waals surface area contributed by atoms with Crippen molar-refractivity contribution in [3.8, 4) is 0 Å². The summed E-state index contributed by atoms with van der Waals surface area (Å²) in [5, 5.41) is -1.61. The van der Waals surface area contributed by atoms with Crippen LogP contribution in [0.15, 0.2) is 67.3 Å². The summed E-state index contributed by atoms with van der Waals surface area (Å²) in [4.78, 5) is 22.1. The molecule has 1 aliphatic carbocycles. The zero-order valence-electron chi connectivity index (χ0n) is 25.1. The van der Waals surface area contributed by atoms with Crippen LogP contribution in [0.3, 0.4) is 0 Å². The Morgan fingerprint density at radius 1 is 1.07 bits per heavy atom. The first-order valence-corrected chi connectivity index (χ1v) is 16.2. The van der Waals surface area contributed by atoms with Crippen LogP contribution in [-0.2, 0) is 22.6 Å². The van der Waals surface area contributed by atoms with Gasteiger partial charge in [0.05, 0.1) is 5.56 Å². The molecular weight excluding hydrogens is 589 g/mol. The number of anilines is 1. The predicted octanol–water partition coefficient (Wildman–Crippen LogP) is 6.29. The molecule has 1 fully saturated rings. The van der Waals surface area contributed by atoms with Crippen molar-refractivity contribution in [3.63, 3.8) is 0 Å². The number of aryl methyl sites for hydroxylation is 3. The number of pyridine rings is 1. The Hall–Kier alpha value is -3.70. The minimum atomic E-state index is -4.72. The zero-order valence-corrected chi connectivity index (χ0v) is 25.9. The number of aromatic nitrogens is 1. The number of carbonyl (C=O) groups is 1. The molecule has 5 rings (SSSR count). The number of alkyl halides is 3. The second kappa shape index (κ2) is 12.4. The van der Waals surface area contributed by atoms with Crippen LogP contribution in [0.2, 0.25) is 0 Å². The molecule has 0 spiro atoms. The molecule has 1 aliphatic heterocycles. The van der Waals surface area contributed by atoms with Gasteiger partial charge in [-0.1, -0.05) is 30.3 Å². The predicted molar refractivity (Wildman–Crippen MR) is 165 cm³/mol. The average molecular weight is 627 g/mol. The third-order valence-electron chi connectivity index (χ3n) is 8.66. The van der Waals surface area contributed by atoms with Crippen LogP contribution in [-0.4, -0.2) is 50.4 Å². The summed E-state index contributed by atoms with van der Waals surface area (Å²) in [6, 6.07) is 13.5. The second-order valence-electron chi connectivity index (χ2n) is 11.7. The van der Waals surface area contributed by atoms with Gasteiger partial charge in [-0.3, -0.25) is 9.78 Å². The topological polar surface area (TPSA) is 82.6 Å². The Bertz CT molecular complexity index is 1650. The van der Waals surface area contributed by atoms with Crippen molar-refractivity contribution in [3.05, 3.63) is 106 Å². The van der Waals surface area contributed by atoms with E-state index in [1.165, 1.54) is 12.1 Å². The molecule has 0 bridgehead atoms. The third kappa shape index (κ3) is 6.53. The first-order chi connectivity index (χ1) is 20.8. The van der Waals surface area contributed by atoms with Crippen molar-refractivity contribution in [1.29, 1.82) is 0 Å². The van der Waals surface area contributed by atoms with E-state index in [9.17, 15) is 26.4 Å². The molecular formula is C33H37F3N4O3S. The smallest absolute Gasteiger partial charge is 0.371 e. The molecule has 7 nitrogen and oxygen atoms in total. The Balaban J connectivity index is 1.30. The van der Waals surface area contributed by atoms with E-state index in [0.717, 1.165) is 66.8 Å². The highest BCUT2D eigenvalue weighted by atomic mass is 32.2. The molecule has 2 heterocycles. The highest BCUT2D eigenvalue weighted by molar-refractivity contribution is 7.89. The summed E-state index contributed by atoms with van der Waals surface area (Å²) in [6.07, 6.45) is -1.09. The molecule has 1 aromatic heterocycles. The standard InChI is InChI=1S/C33H37F3N4O3S/c1-5-31(27-8-6-7-9-29(27)33(34,35)36)44(42,43)38-30-13-12-23-10-11-24(20-28(23)30)32(41)39(4)25-14-16-40(17-15-25)26-18-21(2)37-22(3)19-26/h5-11,18-20,25,30-31,38H,1,12-17H2,2-4H3. The Kier molecular flexibility index (Phi) is 8.91. The number of fused-ring (bicyclic) bond motifs is 1. The molecule has 0 saturated carbocycles. The Morgan fingerprint density at radius 2 is 1.73 bits per heavy atom. The lowest BCUT2D eigenvalue weighted by molar-refractivity contribution is -0.138. The zero-order chi connectivity index (χ0) is 31.8. The number of nitrogens with one attached hydrogen (secondary N) is 1. The lowest BCUT2D eigenvalue weighted by Gasteiger charge is -2.38. The minimum Gasteiger partial charge on any atom is -0.371 e. The Labute approximate surface area is 256 Å². The molecule has 2 aromatic carbocycles. The molecule has 3 aromatic rings. The number of amides is 1. The van der Waals surface area contributed by atoms with Gasteiger partial charge in [0.15, 0.2) is 0 Å². The fourth-order valence-corrected chi connectivity index (χ4v) is 8.01. The van der Waals surface area contributed by atoms with Gasteiger partial charge < -0.3 is 9.80 Å². The molecule has 1 amide bonds. The fraction of sp³-hybridized carbons (Fsp3) is 0.394. The number of piperidine rings is 1. The maximum atomic E-state index is 13.7. The van der Waals surface area contributed by atoms with E-state index < -0.39 is 33.1 Å². The maximum absolute atomic E-state index is 13.7. The molecule has 1 saturated heterocycles. The number of rotatable bonds is 8. The van der Waals surface area contributed by atoms with Crippen molar-refractivity contribution in [2.45, 2.75) is 63.0 Å². The van der Waals surface area contributed by atoms with Gasteiger partial charge in [-0.05, 0) is 86.6 Å². The van der Waals surface area contributed by atoms with Gasteiger partial charge in [-0.15, -0.1) is 6.58 Å². The number of nitrogens with zero attached hydrogens (tertiary/aromatic N) is 3. The van der Waals surface area contributed by atoms with Gasteiger partial charge in [0.1, 0.15) is 5.25 Å². The fourth-order valence-electron chi connectivity index (χ4n) is 6.43. The van der Waals surface area contributed by atoms with E-state index >= 15 is 0 Å². The van der Waals surface area contributed by atoms with Crippen molar-refractivity contribution in [2.24, 2.45) is 0 Å². The van der Waals surface area contributed by atoms with Gasteiger partial charge in [0, 0.05) is 54.9 Å². The van der Waals surface area contributed by atoms with E-state index in [1.807, 2.05) is 19.9 Å². The normalized spacial score (nSPS) is 18.1. The summed E-state index contributed by atoms with van der Waals surface area (Å²) >= 11 is 0. The molecule has 2 unspecified atom stereocenters. The molecule has 44 heavy (non-hydrogen) atoms. The van der Waals surface area contributed by atoms with Crippen molar-refractivity contribution < 1.29 is 26.4 Å². The number of carbonyl (C=O) groups excluding carboxylic acids is 1. The minimum absolute atomic E-state index is 0.0485. The molecule has 11 heteroatoms. The quantitative estimate of drug-likeness (QED) is 0.297. The largest absolute Gasteiger partial charge is 0.416 e. The highest BCUT2D eigenvalue weighted by Crippen LogP contribution is 2.39. The van der Waals surface area contributed by atoms with Crippen LogP contribution in [0, 0.1) is 13.8 Å². The monoisotopic (exact) mass is 626 g/mol. The SMILES string of the molecule is C=CC(c1ccccc1C(F)(F)F)S(=O)(=O)NC1CCc2ccc(C(=O)N(C)C3CCN(c4cc(C)nc(C)c4)CC3)cc21. The van der Waals surface area contributed by atoms with Gasteiger partial charge in [-0.25, -0.2) is 13.1 Å². The second-order valence-corrected chi connectivity index (χ2v) is 13.5. The summed E-state index contributed by atoms with van der Waals surface area (Å²) in [5.74, 6) is -0.154. The van der Waals surface area contributed by atoms with E-state index in [1.54, 1.807) is 24.1 Å². The summed E-state index contributed by atoms with van der Waals surface area (Å²) in [6.45, 7) is 9.10. The van der Waals surface area contributed by atoms with Gasteiger partial charge in [0.2, 0.25) is 10.0 Å². The average Bonchev–Trinajstić information content (AvgIpc) is 3.37. The first kappa shape index (κ1) is 31.7. The molecule has 1 N–H and O–H groups in total. The number of sulfonamides is 1. The van der Waals surface area contributed by atoms with E-state index in [-0.39, 0.29) is 17.5 Å². The lowest BCUT2D eigenvalue weighted by Crippen LogP contribution is -2.45. The summed E-state index contributed by atoms with van der Waals surface area (Å²) in [7, 11) is -2.51. The number of hydrogen-bond acceptors (Lipinski definition) is 5. The van der Waals surface area contributed by atoms with Crippen LogP contribution < -0.4 is 9.62 Å². The van der Waals surface area contributed by atoms with E-state index in [2.05, 4.69) is 33.3 Å². The maximum Gasteiger partial charge on any atom is 0.416 e. The molecule has 234 valence electrons. The van der Waals surface area contributed by atoms with Crippen LogP contribution >= 0.6 is 0 Å². The van der Waals surface area contributed by atoms with E-state index in [0.29, 0.717) is 24.0 Å². The number of benzene rings is 2.